The van der Waals surface area contributed by atoms with Gasteiger partial charge in [0.15, 0.2) is 0 Å². The Morgan fingerprint density at radius 2 is 2.13 bits per heavy atom. The summed E-state index contributed by atoms with van der Waals surface area (Å²) in [6.07, 6.45) is 4.48. The molecule has 1 aromatic heterocycles. The van der Waals surface area contributed by atoms with Crippen molar-refractivity contribution in [1.82, 2.24) is 9.88 Å². The van der Waals surface area contributed by atoms with Gasteiger partial charge in [0.1, 0.15) is 6.54 Å². The molecule has 0 bridgehead atoms. The summed E-state index contributed by atoms with van der Waals surface area (Å²) in [5, 5.41) is 6.45. The van der Waals surface area contributed by atoms with Crippen molar-refractivity contribution < 1.29 is 9.59 Å². The number of thioether (sulfide) groups is 1. The number of nitrogens with one attached hydrogen (secondary N) is 2. The normalized spacial score (nSPS) is 12.1. The van der Waals surface area contributed by atoms with E-state index in [9.17, 15) is 9.59 Å². The highest BCUT2D eigenvalue weighted by Gasteiger charge is 2.13. The number of carbonyl (C=O) groups is 2. The molecule has 1 aromatic carbocycles. The summed E-state index contributed by atoms with van der Waals surface area (Å²) in [5.74, 6) is 0.585. The van der Waals surface area contributed by atoms with Crippen molar-refractivity contribution in [2.24, 2.45) is 5.73 Å². The van der Waals surface area contributed by atoms with Gasteiger partial charge >= 0.3 is 0 Å². The highest BCUT2D eigenvalue weighted by Crippen LogP contribution is 2.21. The molecule has 0 saturated carbocycles. The first-order valence-electron chi connectivity index (χ1n) is 7.40. The standard InChI is InChI=1S/C16H22N4O2S/c1-18-15(21)10-20-7-5-11-3-4-12(9-14(11)20)19-16(22)13(17)6-8-23-2/h3-5,7,9,13H,6,8,10,17H2,1-2H3,(H,18,21)(H,19,22)/t13-/m0/s1. The van der Waals surface area contributed by atoms with Gasteiger partial charge in [-0.25, -0.2) is 0 Å². The number of rotatable bonds is 7. The second kappa shape index (κ2) is 8.03. The Balaban J connectivity index is 2.14. The average molecular weight is 334 g/mol. The van der Waals surface area contributed by atoms with Crippen LogP contribution in [-0.2, 0) is 16.1 Å². The maximum absolute atomic E-state index is 12.1. The van der Waals surface area contributed by atoms with E-state index in [1.54, 1.807) is 18.8 Å². The number of likely N-dealkylation sites (N-methyl/N-ethyl adjacent to an activating group) is 1. The van der Waals surface area contributed by atoms with Gasteiger partial charge in [-0.05, 0) is 42.0 Å². The number of nitrogens with two attached hydrogens (primary N) is 1. The van der Waals surface area contributed by atoms with E-state index in [-0.39, 0.29) is 18.4 Å². The molecule has 6 nitrogen and oxygen atoms in total. The van der Waals surface area contributed by atoms with E-state index in [4.69, 9.17) is 5.73 Å². The van der Waals surface area contributed by atoms with Gasteiger partial charge in [-0.2, -0.15) is 11.8 Å². The van der Waals surface area contributed by atoms with Crippen LogP contribution in [0.2, 0.25) is 0 Å². The second-order valence-corrected chi connectivity index (χ2v) is 6.25. The lowest BCUT2D eigenvalue weighted by Crippen LogP contribution is -2.36. The van der Waals surface area contributed by atoms with Crippen LogP contribution in [0.1, 0.15) is 6.42 Å². The fourth-order valence-electron chi connectivity index (χ4n) is 2.24. The van der Waals surface area contributed by atoms with Gasteiger partial charge in [-0.15, -0.1) is 0 Å². The maximum atomic E-state index is 12.1. The smallest absolute Gasteiger partial charge is 0.241 e. The Labute approximate surface area is 139 Å². The van der Waals surface area contributed by atoms with Crippen LogP contribution < -0.4 is 16.4 Å². The number of benzene rings is 1. The van der Waals surface area contributed by atoms with E-state index in [1.807, 2.05) is 41.3 Å². The summed E-state index contributed by atoms with van der Waals surface area (Å²) in [6.45, 7) is 0.241. The molecule has 0 fully saturated rings. The monoisotopic (exact) mass is 334 g/mol. The fraction of sp³-hybridized carbons (Fsp3) is 0.375. The molecule has 23 heavy (non-hydrogen) atoms. The van der Waals surface area contributed by atoms with Gasteiger partial charge in [0, 0.05) is 18.9 Å². The number of aromatic nitrogens is 1. The van der Waals surface area contributed by atoms with Crippen molar-refractivity contribution in [1.29, 1.82) is 0 Å². The van der Waals surface area contributed by atoms with Gasteiger partial charge in [0.25, 0.3) is 0 Å². The molecule has 1 atom stereocenters. The van der Waals surface area contributed by atoms with Gasteiger partial charge < -0.3 is 20.9 Å². The molecule has 124 valence electrons. The number of hydrogen-bond donors (Lipinski definition) is 3. The minimum absolute atomic E-state index is 0.0731. The Morgan fingerprint density at radius 3 is 2.83 bits per heavy atom. The van der Waals surface area contributed by atoms with Crippen molar-refractivity contribution in [2.75, 3.05) is 24.4 Å². The van der Waals surface area contributed by atoms with Crippen LogP contribution in [-0.4, -0.2) is 41.5 Å². The zero-order chi connectivity index (χ0) is 16.8. The summed E-state index contributed by atoms with van der Waals surface area (Å²) >= 11 is 1.67. The molecule has 0 unspecified atom stereocenters. The molecule has 0 saturated heterocycles. The van der Waals surface area contributed by atoms with Crippen molar-refractivity contribution in [3.63, 3.8) is 0 Å². The summed E-state index contributed by atoms with van der Waals surface area (Å²) in [7, 11) is 1.61. The second-order valence-electron chi connectivity index (χ2n) is 5.27. The van der Waals surface area contributed by atoms with Crippen molar-refractivity contribution in [2.45, 2.75) is 19.0 Å². The van der Waals surface area contributed by atoms with Crippen LogP contribution in [0.3, 0.4) is 0 Å². The number of hydrogen-bond acceptors (Lipinski definition) is 4. The van der Waals surface area contributed by atoms with E-state index in [0.717, 1.165) is 16.7 Å². The number of anilines is 1. The van der Waals surface area contributed by atoms with E-state index in [2.05, 4.69) is 10.6 Å². The SMILES string of the molecule is CNC(=O)Cn1ccc2ccc(NC(=O)[C@@H](N)CCSC)cc21. The molecule has 0 spiro atoms. The lowest BCUT2D eigenvalue weighted by atomic mass is 10.2. The molecule has 2 rings (SSSR count). The number of amides is 2. The lowest BCUT2D eigenvalue weighted by Gasteiger charge is -2.12. The van der Waals surface area contributed by atoms with Crippen molar-refractivity contribution >= 4 is 40.2 Å². The Kier molecular flexibility index (Phi) is 6.06. The summed E-state index contributed by atoms with van der Waals surface area (Å²) in [4.78, 5) is 23.6. The molecule has 2 aromatic rings. The largest absolute Gasteiger partial charge is 0.358 e. The van der Waals surface area contributed by atoms with Gasteiger partial charge in [-0.1, -0.05) is 6.07 Å². The first-order chi connectivity index (χ1) is 11.0. The molecular weight excluding hydrogens is 312 g/mol. The zero-order valence-electron chi connectivity index (χ0n) is 13.3. The van der Waals surface area contributed by atoms with Crippen LogP contribution in [0, 0.1) is 0 Å². The van der Waals surface area contributed by atoms with E-state index < -0.39 is 6.04 Å². The Morgan fingerprint density at radius 1 is 1.35 bits per heavy atom. The quantitative estimate of drug-likeness (QED) is 0.714. The predicted molar refractivity (Wildman–Crippen MR) is 95.6 cm³/mol. The molecule has 0 aliphatic rings. The molecule has 0 aliphatic heterocycles. The molecular formula is C16H22N4O2S. The Hall–Kier alpha value is -1.99. The lowest BCUT2D eigenvalue weighted by molar-refractivity contribution is -0.121. The molecule has 7 heteroatoms. The van der Waals surface area contributed by atoms with Crippen molar-refractivity contribution in [3.8, 4) is 0 Å². The highest BCUT2D eigenvalue weighted by atomic mass is 32.2. The summed E-state index contributed by atoms with van der Waals surface area (Å²) < 4.78 is 1.84. The van der Waals surface area contributed by atoms with E-state index in [1.165, 1.54) is 0 Å². The molecule has 1 heterocycles. The van der Waals surface area contributed by atoms with Crippen LogP contribution >= 0.6 is 11.8 Å². The van der Waals surface area contributed by atoms with Gasteiger partial charge in [0.05, 0.1) is 11.6 Å². The first-order valence-corrected chi connectivity index (χ1v) is 8.79. The van der Waals surface area contributed by atoms with E-state index >= 15 is 0 Å². The topological polar surface area (TPSA) is 89.2 Å². The number of fused-ring (bicyclic) bond motifs is 1. The minimum atomic E-state index is -0.518. The molecule has 0 radical (unpaired) electrons. The predicted octanol–water partition coefficient (Wildman–Crippen LogP) is 1.41. The Bertz CT molecular complexity index is 698. The first kappa shape index (κ1) is 17.4. The number of nitrogens with zero attached hydrogens (tertiary/aromatic N) is 1. The average Bonchev–Trinajstić information content (AvgIpc) is 2.94. The van der Waals surface area contributed by atoms with Crippen LogP contribution in [0.25, 0.3) is 10.9 Å². The zero-order valence-corrected chi connectivity index (χ0v) is 14.2. The van der Waals surface area contributed by atoms with Crippen LogP contribution in [0.4, 0.5) is 5.69 Å². The molecule has 4 N–H and O–H groups in total. The van der Waals surface area contributed by atoms with E-state index in [0.29, 0.717) is 12.1 Å². The molecule has 0 aliphatic carbocycles. The van der Waals surface area contributed by atoms with Gasteiger partial charge in [-0.3, -0.25) is 9.59 Å². The maximum Gasteiger partial charge on any atom is 0.241 e. The molecule has 2 amide bonds. The van der Waals surface area contributed by atoms with Gasteiger partial charge in [0.2, 0.25) is 11.8 Å². The minimum Gasteiger partial charge on any atom is -0.358 e. The summed E-state index contributed by atoms with van der Waals surface area (Å²) in [6, 6.07) is 7.03. The fourth-order valence-corrected chi connectivity index (χ4v) is 2.73. The highest BCUT2D eigenvalue weighted by molar-refractivity contribution is 7.98. The third kappa shape index (κ3) is 4.49. The third-order valence-corrected chi connectivity index (χ3v) is 4.25. The number of carbonyl (C=O) groups excluding carboxylic acids is 2. The van der Waals surface area contributed by atoms with Crippen molar-refractivity contribution in [3.05, 3.63) is 30.5 Å². The third-order valence-electron chi connectivity index (χ3n) is 3.60. The van der Waals surface area contributed by atoms with Crippen LogP contribution in [0.5, 0.6) is 0 Å². The summed E-state index contributed by atoms with van der Waals surface area (Å²) in [5.41, 5.74) is 7.45. The van der Waals surface area contributed by atoms with Crippen LogP contribution in [0.15, 0.2) is 30.5 Å².